The summed E-state index contributed by atoms with van der Waals surface area (Å²) in [6, 6.07) is 0.377. The molecular weight excluding hydrogens is 219 g/mol. The smallest absolute Gasteiger partial charge is 0.186 e. The fraction of sp³-hybridized carbons (Fsp3) is 0.667. The molecule has 0 saturated heterocycles. The van der Waals surface area contributed by atoms with E-state index >= 15 is 0 Å². The van der Waals surface area contributed by atoms with Gasteiger partial charge in [-0.15, -0.1) is 0 Å². The fourth-order valence-corrected chi connectivity index (χ4v) is 2.46. The Bertz CT molecular complexity index is 377. The van der Waals surface area contributed by atoms with E-state index in [0.29, 0.717) is 30.6 Å². The van der Waals surface area contributed by atoms with Gasteiger partial charge in [0, 0.05) is 19.1 Å². The van der Waals surface area contributed by atoms with E-state index in [2.05, 4.69) is 9.97 Å². The maximum Gasteiger partial charge on any atom is 0.186 e. The normalized spacial score (nSPS) is 16.4. The van der Waals surface area contributed by atoms with Gasteiger partial charge < -0.3 is 10.6 Å². The lowest BCUT2D eigenvalue weighted by Gasteiger charge is -2.29. The Morgan fingerprint density at radius 3 is 2.76 bits per heavy atom. The highest BCUT2D eigenvalue weighted by atomic mass is 19.1. The Hall–Kier alpha value is -1.23. The third-order valence-corrected chi connectivity index (χ3v) is 3.35. The van der Waals surface area contributed by atoms with Crippen molar-refractivity contribution >= 4 is 5.82 Å². The van der Waals surface area contributed by atoms with Crippen LogP contribution in [0.4, 0.5) is 10.2 Å². The van der Waals surface area contributed by atoms with Gasteiger partial charge in [0.1, 0.15) is 6.33 Å². The van der Waals surface area contributed by atoms with Crippen LogP contribution in [0.5, 0.6) is 0 Å². The molecule has 1 fully saturated rings. The summed E-state index contributed by atoms with van der Waals surface area (Å²) in [5.41, 5.74) is 6.01. The predicted molar refractivity (Wildman–Crippen MR) is 65.4 cm³/mol. The predicted octanol–water partition coefficient (Wildman–Crippen LogP) is 1.63. The van der Waals surface area contributed by atoms with Crippen molar-refractivity contribution in [2.45, 2.75) is 38.6 Å². The summed E-state index contributed by atoms with van der Waals surface area (Å²) in [4.78, 5) is 9.96. The minimum Gasteiger partial charge on any atom is -0.350 e. The monoisotopic (exact) mass is 238 g/mol. The zero-order valence-corrected chi connectivity index (χ0v) is 10.2. The van der Waals surface area contributed by atoms with Crippen molar-refractivity contribution in [1.82, 2.24) is 9.97 Å². The number of aryl methyl sites for hydroxylation is 1. The van der Waals surface area contributed by atoms with Crippen molar-refractivity contribution in [3.05, 3.63) is 17.8 Å². The molecule has 5 heteroatoms. The second kappa shape index (κ2) is 5.40. The molecule has 1 aliphatic carbocycles. The highest BCUT2D eigenvalue weighted by Crippen LogP contribution is 2.28. The van der Waals surface area contributed by atoms with Gasteiger partial charge in [0.15, 0.2) is 11.6 Å². The zero-order chi connectivity index (χ0) is 12.3. The topological polar surface area (TPSA) is 55.0 Å². The lowest BCUT2D eigenvalue weighted by molar-refractivity contribution is 0.552. The number of nitrogens with two attached hydrogens (primary N) is 1. The van der Waals surface area contributed by atoms with Crippen molar-refractivity contribution in [3.63, 3.8) is 0 Å². The fourth-order valence-electron chi connectivity index (χ4n) is 2.46. The molecule has 1 aromatic rings. The molecule has 0 atom stereocenters. The molecule has 0 radical (unpaired) electrons. The Morgan fingerprint density at radius 2 is 2.12 bits per heavy atom. The first kappa shape index (κ1) is 12.2. The van der Waals surface area contributed by atoms with Crippen LogP contribution in [-0.2, 0) is 0 Å². The number of nitrogens with zero attached hydrogens (tertiary/aromatic N) is 3. The summed E-state index contributed by atoms with van der Waals surface area (Å²) in [5, 5.41) is 0. The third kappa shape index (κ3) is 2.54. The van der Waals surface area contributed by atoms with Gasteiger partial charge in [0.05, 0.1) is 5.69 Å². The molecule has 1 aromatic heterocycles. The van der Waals surface area contributed by atoms with Crippen LogP contribution < -0.4 is 10.6 Å². The van der Waals surface area contributed by atoms with E-state index in [1.54, 1.807) is 6.92 Å². The lowest BCUT2D eigenvalue weighted by Crippen LogP contribution is -2.38. The number of aromatic nitrogens is 2. The molecule has 0 unspecified atom stereocenters. The van der Waals surface area contributed by atoms with Crippen molar-refractivity contribution in [2.75, 3.05) is 18.0 Å². The van der Waals surface area contributed by atoms with E-state index in [1.807, 2.05) is 4.90 Å². The summed E-state index contributed by atoms with van der Waals surface area (Å²) in [5.74, 6) is 0.0997. The van der Waals surface area contributed by atoms with E-state index in [1.165, 1.54) is 19.2 Å². The molecule has 0 bridgehead atoms. The molecular formula is C12H19FN4. The first-order chi connectivity index (χ1) is 8.24. The Morgan fingerprint density at radius 1 is 1.41 bits per heavy atom. The minimum absolute atomic E-state index is 0.312. The van der Waals surface area contributed by atoms with Gasteiger partial charge in [-0.1, -0.05) is 12.8 Å². The number of halogens is 1. The van der Waals surface area contributed by atoms with Crippen LogP contribution in [0.3, 0.4) is 0 Å². The standard InChI is InChI=1S/C12H19FN4/c1-9-11(13)12(16-8-15-9)17(7-6-14)10-4-2-3-5-10/h8,10H,2-7,14H2,1H3. The van der Waals surface area contributed by atoms with Crippen LogP contribution in [0.15, 0.2) is 6.33 Å². The van der Waals surface area contributed by atoms with Crippen LogP contribution >= 0.6 is 0 Å². The Labute approximate surface area is 101 Å². The molecule has 0 amide bonds. The van der Waals surface area contributed by atoms with Crippen molar-refractivity contribution in [3.8, 4) is 0 Å². The molecule has 0 spiro atoms. The van der Waals surface area contributed by atoms with Gasteiger partial charge in [0.2, 0.25) is 0 Å². The molecule has 2 rings (SSSR count). The molecule has 0 aromatic carbocycles. The third-order valence-electron chi connectivity index (χ3n) is 3.35. The van der Waals surface area contributed by atoms with Gasteiger partial charge >= 0.3 is 0 Å². The van der Waals surface area contributed by atoms with Crippen LogP contribution in [0.1, 0.15) is 31.4 Å². The van der Waals surface area contributed by atoms with E-state index < -0.39 is 0 Å². The van der Waals surface area contributed by atoms with Crippen LogP contribution in [-0.4, -0.2) is 29.1 Å². The highest BCUT2D eigenvalue weighted by molar-refractivity contribution is 5.42. The van der Waals surface area contributed by atoms with Crippen LogP contribution in [0, 0.1) is 12.7 Å². The minimum atomic E-state index is -0.312. The Kier molecular flexibility index (Phi) is 3.89. The molecule has 17 heavy (non-hydrogen) atoms. The molecule has 4 nitrogen and oxygen atoms in total. The number of hydrogen-bond acceptors (Lipinski definition) is 4. The molecule has 0 aliphatic heterocycles. The van der Waals surface area contributed by atoms with Gasteiger partial charge in [-0.3, -0.25) is 0 Å². The maximum absolute atomic E-state index is 14.0. The molecule has 94 valence electrons. The van der Waals surface area contributed by atoms with E-state index in [9.17, 15) is 4.39 Å². The first-order valence-corrected chi connectivity index (χ1v) is 6.18. The summed E-state index contributed by atoms with van der Waals surface area (Å²) in [6.07, 6.45) is 6.03. The largest absolute Gasteiger partial charge is 0.350 e. The molecule has 1 saturated carbocycles. The van der Waals surface area contributed by atoms with Gasteiger partial charge in [-0.2, -0.15) is 0 Å². The highest BCUT2D eigenvalue weighted by Gasteiger charge is 2.25. The second-order valence-electron chi connectivity index (χ2n) is 4.52. The zero-order valence-electron chi connectivity index (χ0n) is 10.2. The van der Waals surface area contributed by atoms with E-state index in [-0.39, 0.29) is 5.82 Å². The first-order valence-electron chi connectivity index (χ1n) is 6.18. The number of hydrogen-bond donors (Lipinski definition) is 1. The van der Waals surface area contributed by atoms with Crippen LogP contribution in [0.2, 0.25) is 0 Å². The second-order valence-corrected chi connectivity index (χ2v) is 4.52. The van der Waals surface area contributed by atoms with Gasteiger partial charge in [-0.05, 0) is 19.8 Å². The summed E-state index contributed by atoms with van der Waals surface area (Å²) < 4.78 is 14.0. The SMILES string of the molecule is Cc1ncnc(N(CCN)C2CCCC2)c1F. The van der Waals surface area contributed by atoms with Crippen molar-refractivity contribution in [1.29, 1.82) is 0 Å². The summed E-state index contributed by atoms with van der Waals surface area (Å²) in [6.45, 7) is 2.83. The Balaban J connectivity index is 2.27. The quantitative estimate of drug-likeness (QED) is 0.866. The van der Waals surface area contributed by atoms with E-state index in [0.717, 1.165) is 12.8 Å². The lowest BCUT2D eigenvalue weighted by atomic mass is 10.2. The number of rotatable bonds is 4. The summed E-state index contributed by atoms with van der Waals surface area (Å²) in [7, 11) is 0. The average Bonchev–Trinajstić information content (AvgIpc) is 2.84. The maximum atomic E-state index is 14.0. The van der Waals surface area contributed by atoms with Crippen molar-refractivity contribution in [2.24, 2.45) is 5.73 Å². The number of anilines is 1. The average molecular weight is 238 g/mol. The molecule has 1 aliphatic rings. The van der Waals surface area contributed by atoms with Gasteiger partial charge in [0.25, 0.3) is 0 Å². The molecule has 2 N–H and O–H groups in total. The van der Waals surface area contributed by atoms with Crippen LogP contribution in [0.25, 0.3) is 0 Å². The van der Waals surface area contributed by atoms with E-state index in [4.69, 9.17) is 5.73 Å². The van der Waals surface area contributed by atoms with Gasteiger partial charge in [-0.25, -0.2) is 14.4 Å². The summed E-state index contributed by atoms with van der Waals surface area (Å²) >= 11 is 0. The van der Waals surface area contributed by atoms with Crippen molar-refractivity contribution < 1.29 is 4.39 Å². The molecule has 1 heterocycles.